The Morgan fingerprint density at radius 3 is 2.38 bits per heavy atom. The zero-order valence-electron chi connectivity index (χ0n) is 19.0. The highest BCUT2D eigenvalue weighted by Crippen LogP contribution is 2.34. The predicted octanol–water partition coefficient (Wildman–Crippen LogP) is 4.67. The third-order valence-corrected chi connectivity index (χ3v) is 6.80. The van der Waals surface area contributed by atoms with Gasteiger partial charge in [-0.15, -0.1) is 0 Å². The summed E-state index contributed by atoms with van der Waals surface area (Å²) >= 11 is 0.932. The van der Waals surface area contributed by atoms with Crippen LogP contribution >= 0.6 is 11.8 Å². The lowest BCUT2D eigenvalue weighted by atomic mass is 10.2. The van der Waals surface area contributed by atoms with E-state index in [0.29, 0.717) is 21.6 Å². The van der Waals surface area contributed by atoms with E-state index >= 15 is 0 Å². The molecular formula is C26H22N4O3S. The zero-order valence-corrected chi connectivity index (χ0v) is 19.8. The molecule has 0 saturated carbocycles. The summed E-state index contributed by atoms with van der Waals surface area (Å²) in [4.78, 5) is 45.1. The van der Waals surface area contributed by atoms with Crippen LogP contribution in [0.15, 0.2) is 70.4 Å². The van der Waals surface area contributed by atoms with Gasteiger partial charge in [0, 0.05) is 11.4 Å². The van der Waals surface area contributed by atoms with Gasteiger partial charge in [-0.05, 0) is 67.9 Å². The van der Waals surface area contributed by atoms with Crippen LogP contribution in [0.25, 0.3) is 17.0 Å². The smallest absolute Gasteiger partial charge is 0.268 e. The van der Waals surface area contributed by atoms with E-state index < -0.39 is 0 Å². The van der Waals surface area contributed by atoms with E-state index in [-0.39, 0.29) is 23.3 Å². The average molecular weight is 471 g/mol. The van der Waals surface area contributed by atoms with Gasteiger partial charge in [0.2, 0.25) is 0 Å². The van der Waals surface area contributed by atoms with Gasteiger partial charge in [-0.3, -0.25) is 24.0 Å². The summed E-state index contributed by atoms with van der Waals surface area (Å²) in [5.74, 6) is 0.240. The molecule has 4 aromatic rings. The number of carbonyl (C=O) groups excluding carboxylic acids is 2. The molecule has 1 saturated heterocycles. The molecule has 2 aromatic heterocycles. The maximum Gasteiger partial charge on any atom is 0.293 e. The minimum absolute atomic E-state index is 0.167. The predicted molar refractivity (Wildman–Crippen MR) is 133 cm³/mol. The van der Waals surface area contributed by atoms with Crippen LogP contribution in [0.5, 0.6) is 0 Å². The van der Waals surface area contributed by atoms with Gasteiger partial charge in [-0.1, -0.05) is 42.5 Å². The minimum atomic E-state index is -0.315. The second-order valence-corrected chi connectivity index (χ2v) is 9.18. The van der Waals surface area contributed by atoms with Crippen molar-refractivity contribution in [3.05, 3.63) is 104 Å². The Morgan fingerprint density at radius 2 is 1.62 bits per heavy atom. The van der Waals surface area contributed by atoms with Gasteiger partial charge >= 0.3 is 0 Å². The number of thioether (sulfide) groups is 1. The highest BCUT2D eigenvalue weighted by molar-refractivity contribution is 8.18. The molecule has 3 heterocycles. The van der Waals surface area contributed by atoms with E-state index in [0.717, 1.165) is 34.3 Å². The van der Waals surface area contributed by atoms with Gasteiger partial charge in [0.1, 0.15) is 5.82 Å². The fraction of sp³-hybridized carbons (Fsp3) is 0.154. The molecule has 34 heavy (non-hydrogen) atoms. The third kappa shape index (κ3) is 3.66. The van der Waals surface area contributed by atoms with Gasteiger partial charge in [0.25, 0.3) is 16.7 Å². The molecule has 0 unspecified atom stereocenters. The van der Waals surface area contributed by atoms with Gasteiger partial charge in [-0.25, -0.2) is 4.98 Å². The van der Waals surface area contributed by atoms with Crippen molar-refractivity contribution in [2.75, 3.05) is 0 Å². The minimum Gasteiger partial charge on any atom is -0.268 e. The first-order valence-electron chi connectivity index (χ1n) is 10.8. The first kappa shape index (κ1) is 21.9. The van der Waals surface area contributed by atoms with Crippen LogP contribution in [0.3, 0.4) is 0 Å². The number of rotatable bonds is 4. The van der Waals surface area contributed by atoms with Crippen LogP contribution in [-0.2, 0) is 11.3 Å². The molecule has 8 heteroatoms. The van der Waals surface area contributed by atoms with Crippen molar-refractivity contribution in [1.29, 1.82) is 0 Å². The average Bonchev–Trinajstić information content (AvgIpc) is 3.24. The highest BCUT2D eigenvalue weighted by atomic mass is 32.2. The van der Waals surface area contributed by atoms with Crippen molar-refractivity contribution < 1.29 is 9.59 Å². The lowest BCUT2D eigenvalue weighted by molar-refractivity contribution is -0.123. The SMILES string of the molecule is Cc1cc(C=C2SC(=O)N(Cc3ccccc3)C2=O)c(C)n1-n1c(C)nc2ccccc2c1=O. The number of hydrogen-bond donors (Lipinski definition) is 0. The molecule has 1 aliphatic rings. The van der Waals surface area contributed by atoms with Gasteiger partial charge < -0.3 is 0 Å². The number of fused-ring (bicyclic) bond motifs is 1. The maximum atomic E-state index is 13.3. The number of hydrogen-bond acceptors (Lipinski definition) is 5. The van der Waals surface area contributed by atoms with Gasteiger partial charge in [0.15, 0.2) is 0 Å². The summed E-state index contributed by atoms with van der Waals surface area (Å²) in [6.45, 7) is 5.81. The first-order chi connectivity index (χ1) is 16.3. The van der Waals surface area contributed by atoms with E-state index in [9.17, 15) is 14.4 Å². The van der Waals surface area contributed by atoms with E-state index in [2.05, 4.69) is 4.98 Å². The Labute approximate surface area is 200 Å². The number of aryl methyl sites for hydroxylation is 2. The maximum absolute atomic E-state index is 13.3. The number of benzene rings is 2. The van der Waals surface area contributed by atoms with E-state index in [4.69, 9.17) is 0 Å². The summed E-state index contributed by atoms with van der Waals surface area (Å²) in [7, 11) is 0. The first-order valence-corrected chi connectivity index (χ1v) is 11.6. The Hall–Kier alpha value is -3.91. The Balaban J connectivity index is 1.54. The molecule has 2 aromatic carbocycles. The third-order valence-electron chi connectivity index (χ3n) is 5.89. The van der Waals surface area contributed by atoms with Crippen molar-refractivity contribution in [2.24, 2.45) is 0 Å². The summed E-state index contributed by atoms with van der Waals surface area (Å²) in [6, 6.07) is 18.6. The molecule has 2 amide bonds. The number of nitrogens with zero attached hydrogens (tertiary/aromatic N) is 4. The molecule has 5 rings (SSSR count). The molecule has 7 nitrogen and oxygen atoms in total. The Morgan fingerprint density at radius 1 is 0.912 bits per heavy atom. The fourth-order valence-electron chi connectivity index (χ4n) is 4.25. The molecule has 1 fully saturated rings. The number of amides is 2. The molecular weight excluding hydrogens is 448 g/mol. The van der Waals surface area contributed by atoms with Crippen LogP contribution in [0.2, 0.25) is 0 Å². The molecule has 170 valence electrons. The molecule has 0 radical (unpaired) electrons. The number of imide groups is 1. The lowest BCUT2D eigenvalue weighted by Crippen LogP contribution is -2.30. The van der Waals surface area contributed by atoms with E-state index in [1.807, 2.05) is 68.4 Å². The van der Waals surface area contributed by atoms with Gasteiger partial charge in [0.05, 0.1) is 22.4 Å². The normalized spacial score (nSPS) is 15.1. The van der Waals surface area contributed by atoms with Crippen molar-refractivity contribution in [3.63, 3.8) is 0 Å². The van der Waals surface area contributed by atoms with E-state index in [1.165, 1.54) is 4.90 Å². The Kier molecular flexibility index (Phi) is 5.45. The molecule has 0 bridgehead atoms. The number of para-hydroxylation sites is 1. The van der Waals surface area contributed by atoms with Crippen LogP contribution in [-0.4, -0.2) is 30.4 Å². The molecule has 0 aliphatic carbocycles. The Bertz CT molecular complexity index is 1550. The van der Waals surface area contributed by atoms with E-state index in [1.54, 1.807) is 28.4 Å². The summed E-state index contributed by atoms with van der Waals surface area (Å²) < 4.78 is 3.35. The molecule has 0 N–H and O–H groups in total. The van der Waals surface area contributed by atoms with Crippen LogP contribution < -0.4 is 5.56 Å². The standard InChI is InChI=1S/C26H22N4O3S/c1-16-13-20(14-23-25(32)28(26(33)34-23)15-19-9-5-4-6-10-19)17(2)29(16)30-18(3)27-22-12-8-7-11-21(22)24(30)31/h4-14H,15H2,1-3H3. The van der Waals surface area contributed by atoms with Crippen molar-refractivity contribution in [2.45, 2.75) is 27.3 Å². The molecule has 0 atom stereocenters. The summed E-state index contributed by atoms with van der Waals surface area (Å²) in [5, 5.41) is 0.240. The largest absolute Gasteiger partial charge is 0.293 e. The highest BCUT2D eigenvalue weighted by Gasteiger charge is 2.35. The number of aromatic nitrogens is 3. The van der Waals surface area contributed by atoms with Crippen molar-refractivity contribution in [3.8, 4) is 0 Å². The summed E-state index contributed by atoms with van der Waals surface area (Å²) in [6.07, 6.45) is 1.73. The van der Waals surface area contributed by atoms with Crippen molar-refractivity contribution >= 4 is 39.9 Å². The van der Waals surface area contributed by atoms with Gasteiger partial charge in [-0.2, -0.15) is 4.68 Å². The zero-order chi connectivity index (χ0) is 24.0. The number of carbonyl (C=O) groups is 2. The topological polar surface area (TPSA) is 77.2 Å². The fourth-order valence-corrected chi connectivity index (χ4v) is 5.07. The lowest BCUT2D eigenvalue weighted by Gasteiger charge is -2.16. The molecule has 0 spiro atoms. The monoisotopic (exact) mass is 470 g/mol. The summed E-state index contributed by atoms with van der Waals surface area (Å²) in [5.41, 5.74) is 3.73. The second-order valence-electron chi connectivity index (χ2n) is 8.18. The van der Waals surface area contributed by atoms with Crippen molar-refractivity contribution in [1.82, 2.24) is 19.2 Å². The van der Waals surface area contributed by atoms with Crippen LogP contribution in [0, 0.1) is 20.8 Å². The quantitative estimate of drug-likeness (QED) is 0.405. The molecule has 1 aliphatic heterocycles. The van der Waals surface area contributed by atoms with Crippen LogP contribution in [0.1, 0.15) is 28.3 Å². The second kappa shape index (κ2) is 8.46. The van der Waals surface area contributed by atoms with Crippen LogP contribution in [0.4, 0.5) is 4.79 Å².